The van der Waals surface area contributed by atoms with Gasteiger partial charge in [-0.2, -0.15) is 0 Å². The molecule has 0 bridgehead atoms. The minimum atomic E-state index is 0.436. The van der Waals surface area contributed by atoms with Gasteiger partial charge < -0.3 is 29.7 Å². The molecule has 0 saturated carbocycles. The topological polar surface area (TPSA) is 67.4 Å². The van der Waals surface area contributed by atoms with E-state index in [-0.39, 0.29) is 0 Å². The Morgan fingerprint density at radius 2 is 1.70 bits per heavy atom. The third-order valence-corrected chi connectivity index (χ3v) is 5.07. The second-order valence-electron chi connectivity index (χ2n) is 6.98. The molecule has 2 N–H and O–H groups in total. The predicted octanol–water partition coefficient (Wildman–Crippen LogP) is 2.25. The molecule has 27 heavy (non-hydrogen) atoms. The highest BCUT2D eigenvalue weighted by Gasteiger charge is 2.21. The van der Waals surface area contributed by atoms with Gasteiger partial charge in [-0.05, 0) is 26.7 Å². The monoisotopic (exact) mass is 378 g/mol. The Bertz CT molecular complexity index is 601. The molecule has 1 aliphatic rings. The minimum absolute atomic E-state index is 0.436. The molecule has 7 heteroatoms. The molecular weight excluding hydrogens is 344 g/mol. The highest BCUT2D eigenvalue weighted by Crippen LogP contribution is 2.33. The normalized spacial score (nSPS) is 16.3. The molecule has 0 aromatic heterocycles. The first-order valence-electron chi connectivity index (χ1n) is 9.52. The summed E-state index contributed by atoms with van der Waals surface area (Å²) in [6.45, 7) is 7.29. The molecule has 0 spiro atoms. The molecule has 0 unspecified atom stereocenters. The van der Waals surface area contributed by atoms with Crippen LogP contribution in [0.5, 0.6) is 17.2 Å². The molecule has 1 aromatic carbocycles. The number of benzene rings is 1. The van der Waals surface area contributed by atoms with E-state index in [9.17, 15) is 0 Å². The number of methoxy groups -OCH3 is 3. The van der Waals surface area contributed by atoms with Crippen molar-refractivity contribution in [3.63, 3.8) is 0 Å². The van der Waals surface area contributed by atoms with Crippen molar-refractivity contribution in [3.8, 4) is 17.2 Å². The van der Waals surface area contributed by atoms with Crippen molar-refractivity contribution in [2.24, 2.45) is 4.99 Å². The van der Waals surface area contributed by atoms with Gasteiger partial charge in [-0.3, -0.25) is 4.99 Å². The summed E-state index contributed by atoms with van der Waals surface area (Å²) >= 11 is 0. The first-order valence-corrected chi connectivity index (χ1v) is 9.52. The van der Waals surface area contributed by atoms with Crippen molar-refractivity contribution in [1.29, 1.82) is 0 Å². The largest absolute Gasteiger partial charge is 0.496 e. The summed E-state index contributed by atoms with van der Waals surface area (Å²) in [5, 5.41) is 6.92. The molecule has 2 rings (SSSR count). The lowest BCUT2D eigenvalue weighted by Gasteiger charge is -2.35. The molecule has 1 fully saturated rings. The van der Waals surface area contributed by atoms with Gasteiger partial charge in [0.1, 0.15) is 17.2 Å². The van der Waals surface area contributed by atoms with Gasteiger partial charge >= 0.3 is 0 Å². The van der Waals surface area contributed by atoms with Gasteiger partial charge in [-0.1, -0.05) is 0 Å². The molecule has 0 radical (unpaired) electrons. The first-order chi connectivity index (χ1) is 13.0. The van der Waals surface area contributed by atoms with Crippen LogP contribution < -0.4 is 24.8 Å². The third-order valence-electron chi connectivity index (χ3n) is 5.07. The standard InChI is InChI=1S/C20H34N4O3/c1-14(2)24-9-7-15(8-10-24)23-20(21-3)22-13-17-18(26-5)11-16(25-4)12-19(17)27-6/h11-12,14-15H,7-10,13H2,1-6H3,(H2,21,22,23). The molecular formula is C20H34N4O3. The van der Waals surface area contributed by atoms with E-state index in [0.29, 0.717) is 24.4 Å². The van der Waals surface area contributed by atoms with E-state index in [2.05, 4.69) is 34.4 Å². The Kier molecular flexibility index (Phi) is 8.03. The van der Waals surface area contributed by atoms with Gasteiger partial charge in [0.15, 0.2) is 5.96 Å². The number of hydrogen-bond acceptors (Lipinski definition) is 5. The molecule has 0 atom stereocenters. The zero-order valence-corrected chi connectivity index (χ0v) is 17.5. The SMILES string of the molecule is CN=C(NCc1c(OC)cc(OC)cc1OC)NC1CCN(C(C)C)CC1. The lowest BCUT2D eigenvalue weighted by Crippen LogP contribution is -2.49. The van der Waals surface area contributed by atoms with Crippen molar-refractivity contribution in [2.75, 3.05) is 41.5 Å². The zero-order valence-electron chi connectivity index (χ0n) is 17.5. The maximum atomic E-state index is 5.51. The number of ether oxygens (including phenoxy) is 3. The van der Waals surface area contributed by atoms with Gasteiger partial charge in [0.25, 0.3) is 0 Å². The highest BCUT2D eigenvalue weighted by atomic mass is 16.5. The molecule has 0 aliphatic carbocycles. The molecule has 1 heterocycles. The van der Waals surface area contributed by atoms with E-state index in [0.717, 1.165) is 49.0 Å². The second kappa shape index (κ2) is 10.3. The van der Waals surface area contributed by atoms with Gasteiger partial charge in [0.05, 0.1) is 33.4 Å². The Hall–Kier alpha value is -2.15. The van der Waals surface area contributed by atoms with E-state index >= 15 is 0 Å². The van der Waals surface area contributed by atoms with Crippen molar-refractivity contribution in [2.45, 2.75) is 45.3 Å². The first kappa shape index (κ1) is 21.2. The van der Waals surface area contributed by atoms with Gasteiger partial charge in [0.2, 0.25) is 0 Å². The average Bonchev–Trinajstić information content (AvgIpc) is 2.70. The highest BCUT2D eigenvalue weighted by molar-refractivity contribution is 5.80. The van der Waals surface area contributed by atoms with Crippen LogP contribution in [0.2, 0.25) is 0 Å². The second-order valence-corrected chi connectivity index (χ2v) is 6.98. The maximum Gasteiger partial charge on any atom is 0.191 e. The fourth-order valence-corrected chi connectivity index (χ4v) is 3.37. The number of piperidine rings is 1. The number of guanidine groups is 1. The smallest absolute Gasteiger partial charge is 0.191 e. The van der Waals surface area contributed by atoms with Crippen LogP contribution in [0.1, 0.15) is 32.3 Å². The van der Waals surface area contributed by atoms with Crippen LogP contribution in [0, 0.1) is 0 Å². The van der Waals surface area contributed by atoms with Crippen LogP contribution in [-0.4, -0.2) is 64.4 Å². The summed E-state index contributed by atoms with van der Waals surface area (Å²) in [4.78, 5) is 6.89. The van der Waals surface area contributed by atoms with E-state index in [1.54, 1.807) is 28.4 Å². The van der Waals surface area contributed by atoms with Crippen molar-refractivity contribution in [3.05, 3.63) is 17.7 Å². The Morgan fingerprint density at radius 1 is 1.11 bits per heavy atom. The summed E-state index contributed by atoms with van der Waals surface area (Å²) in [5.41, 5.74) is 0.929. The Balaban J connectivity index is 1.98. The molecule has 1 aromatic rings. The molecule has 7 nitrogen and oxygen atoms in total. The summed E-state index contributed by atoms with van der Waals surface area (Å²) in [6.07, 6.45) is 2.24. The summed E-state index contributed by atoms with van der Waals surface area (Å²) < 4.78 is 16.3. The quantitative estimate of drug-likeness (QED) is 0.560. The predicted molar refractivity (Wildman–Crippen MR) is 109 cm³/mol. The van der Waals surface area contributed by atoms with Crippen molar-refractivity contribution >= 4 is 5.96 Å². The third kappa shape index (κ3) is 5.66. The van der Waals surface area contributed by atoms with Gasteiger partial charge in [-0.25, -0.2) is 0 Å². The van der Waals surface area contributed by atoms with Crippen LogP contribution in [-0.2, 0) is 6.54 Å². The van der Waals surface area contributed by atoms with E-state index < -0.39 is 0 Å². The van der Waals surface area contributed by atoms with Gasteiger partial charge in [0, 0.05) is 44.4 Å². The Morgan fingerprint density at radius 3 is 2.15 bits per heavy atom. The number of likely N-dealkylation sites (tertiary alicyclic amines) is 1. The number of rotatable bonds is 7. The van der Waals surface area contributed by atoms with Crippen molar-refractivity contribution < 1.29 is 14.2 Å². The number of nitrogens with zero attached hydrogens (tertiary/aromatic N) is 2. The lowest BCUT2D eigenvalue weighted by molar-refractivity contribution is 0.167. The van der Waals surface area contributed by atoms with Crippen LogP contribution in [0.3, 0.4) is 0 Å². The lowest BCUT2D eigenvalue weighted by atomic mass is 10.0. The molecule has 0 amide bonds. The average molecular weight is 379 g/mol. The van der Waals surface area contributed by atoms with Crippen LogP contribution in [0.4, 0.5) is 0 Å². The van der Waals surface area contributed by atoms with Crippen LogP contribution in [0.25, 0.3) is 0 Å². The number of aliphatic imine (C=N–C) groups is 1. The van der Waals surface area contributed by atoms with Gasteiger partial charge in [-0.15, -0.1) is 0 Å². The summed E-state index contributed by atoms with van der Waals surface area (Å²) in [6, 6.07) is 4.76. The zero-order chi connectivity index (χ0) is 19.8. The summed E-state index contributed by atoms with van der Waals surface area (Å²) in [7, 11) is 6.71. The number of hydrogen-bond donors (Lipinski definition) is 2. The minimum Gasteiger partial charge on any atom is -0.496 e. The summed E-state index contributed by atoms with van der Waals surface area (Å²) in [5.74, 6) is 2.93. The van der Waals surface area contributed by atoms with Crippen molar-refractivity contribution in [1.82, 2.24) is 15.5 Å². The maximum absolute atomic E-state index is 5.51. The number of nitrogens with one attached hydrogen (secondary N) is 2. The molecule has 1 saturated heterocycles. The van der Waals surface area contributed by atoms with E-state index in [4.69, 9.17) is 14.2 Å². The fraction of sp³-hybridized carbons (Fsp3) is 0.650. The van der Waals surface area contributed by atoms with E-state index in [1.807, 2.05) is 12.1 Å². The van der Waals surface area contributed by atoms with Crippen LogP contribution in [0.15, 0.2) is 17.1 Å². The van der Waals surface area contributed by atoms with E-state index in [1.165, 1.54) is 0 Å². The van der Waals surface area contributed by atoms with Crippen LogP contribution >= 0.6 is 0 Å². The Labute approximate surface area is 163 Å². The molecule has 152 valence electrons. The fourth-order valence-electron chi connectivity index (χ4n) is 3.37. The molecule has 1 aliphatic heterocycles.